The lowest BCUT2D eigenvalue weighted by molar-refractivity contribution is 0.537. The number of nitrogens with one attached hydrogen (secondary N) is 1. The van der Waals surface area contributed by atoms with Gasteiger partial charge in [0.2, 0.25) is 0 Å². The van der Waals surface area contributed by atoms with E-state index in [0.29, 0.717) is 13.1 Å². The van der Waals surface area contributed by atoms with Gasteiger partial charge in [0, 0.05) is 13.6 Å². The zero-order valence-electron chi connectivity index (χ0n) is 7.70. The van der Waals surface area contributed by atoms with E-state index in [1.54, 1.807) is 10.9 Å². The van der Waals surface area contributed by atoms with Gasteiger partial charge in [-0.15, -0.1) is 15.3 Å². The van der Waals surface area contributed by atoms with Gasteiger partial charge in [-0.05, 0) is 5.21 Å². The van der Waals surface area contributed by atoms with E-state index in [4.69, 9.17) is 0 Å². The Labute approximate surface area is 79.9 Å². The van der Waals surface area contributed by atoms with E-state index in [1.165, 1.54) is 11.1 Å². The molecule has 2 aromatic rings. The van der Waals surface area contributed by atoms with Crippen molar-refractivity contribution in [2.45, 2.75) is 6.54 Å². The third-order valence-corrected chi connectivity index (χ3v) is 1.72. The average Bonchev–Trinajstić information content (AvgIpc) is 2.78. The molecule has 0 aliphatic carbocycles. The normalized spacial score (nSPS) is 10.4. The lowest BCUT2D eigenvalue weighted by atomic mass is 10.6. The third kappa shape index (κ3) is 1.84. The fraction of sp³-hybridized carbons (Fsp3) is 0.500. The van der Waals surface area contributed by atoms with Crippen LogP contribution in [-0.2, 0) is 13.6 Å². The van der Waals surface area contributed by atoms with Crippen LogP contribution in [0, 0.1) is 0 Å². The molecule has 8 nitrogen and oxygen atoms in total. The van der Waals surface area contributed by atoms with Gasteiger partial charge in [0.05, 0.1) is 12.7 Å². The van der Waals surface area contributed by atoms with Crippen molar-refractivity contribution in [2.24, 2.45) is 7.05 Å². The van der Waals surface area contributed by atoms with E-state index in [2.05, 4.69) is 31.0 Å². The lowest BCUT2D eigenvalue weighted by Crippen LogP contribution is -2.14. The highest BCUT2D eigenvalue weighted by Gasteiger charge is 1.98. The maximum Gasteiger partial charge on any atom is 0.162 e. The third-order valence-electron chi connectivity index (χ3n) is 1.72. The van der Waals surface area contributed by atoms with E-state index >= 15 is 0 Å². The van der Waals surface area contributed by atoms with Crippen LogP contribution in [-0.4, -0.2) is 41.7 Å². The molecule has 0 unspecified atom stereocenters. The summed E-state index contributed by atoms with van der Waals surface area (Å²) in [7, 11) is 1.82. The first-order valence-electron chi connectivity index (χ1n) is 4.15. The van der Waals surface area contributed by atoms with Crippen LogP contribution >= 0.6 is 0 Å². The monoisotopic (exact) mass is 194 g/mol. The predicted molar refractivity (Wildman–Crippen MR) is 47.3 cm³/mol. The van der Waals surface area contributed by atoms with Crippen LogP contribution < -0.4 is 5.32 Å². The van der Waals surface area contributed by atoms with Gasteiger partial charge in [0.1, 0.15) is 5.82 Å². The standard InChI is InChI=1S/C6H10N8/c1-13-6(4-8-11-13)7-2-3-14-10-5-9-12-14/h4-5,7H,2-3H2,1H3. The van der Waals surface area contributed by atoms with Crippen molar-refractivity contribution in [1.29, 1.82) is 0 Å². The van der Waals surface area contributed by atoms with E-state index < -0.39 is 0 Å². The molecular formula is C6H10N8. The Morgan fingerprint density at radius 1 is 1.36 bits per heavy atom. The first-order chi connectivity index (χ1) is 6.86. The molecule has 0 saturated carbocycles. The molecule has 0 radical (unpaired) electrons. The van der Waals surface area contributed by atoms with Crippen LogP contribution in [0.25, 0.3) is 0 Å². The molecule has 2 heterocycles. The summed E-state index contributed by atoms with van der Waals surface area (Å²) in [4.78, 5) is 1.51. The first-order valence-corrected chi connectivity index (χ1v) is 4.15. The smallest absolute Gasteiger partial charge is 0.162 e. The largest absolute Gasteiger partial charge is 0.367 e. The van der Waals surface area contributed by atoms with Gasteiger partial charge < -0.3 is 5.32 Å². The molecule has 14 heavy (non-hydrogen) atoms. The summed E-state index contributed by atoms with van der Waals surface area (Å²) in [5.41, 5.74) is 0. The quantitative estimate of drug-likeness (QED) is 0.665. The van der Waals surface area contributed by atoms with E-state index in [-0.39, 0.29) is 0 Å². The highest BCUT2D eigenvalue weighted by Crippen LogP contribution is 1.99. The summed E-state index contributed by atoms with van der Waals surface area (Å²) in [6, 6.07) is 0. The van der Waals surface area contributed by atoms with Crippen molar-refractivity contribution >= 4 is 5.82 Å². The molecule has 0 fully saturated rings. The van der Waals surface area contributed by atoms with Crippen molar-refractivity contribution in [3.63, 3.8) is 0 Å². The molecule has 0 aliphatic rings. The van der Waals surface area contributed by atoms with Crippen molar-refractivity contribution in [3.05, 3.63) is 12.5 Å². The number of tetrazole rings is 1. The maximum atomic E-state index is 3.87. The molecule has 0 aromatic carbocycles. The summed E-state index contributed by atoms with van der Waals surface area (Å²) in [6.45, 7) is 1.36. The van der Waals surface area contributed by atoms with Gasteiger partial charge >= 0.3 is 0 Å². The average molecular weight is 194 g/mol. The minimum Gasteiger partial charge on any atom is -0.367 e. The maximum absolute atomic E-state index is 3.87. The van der Waals surface area contributed by atoms with E-state index in [1.807, 2.05) is 7.05 Å². The van der Waals surface area contributed by atoms with E-state index in [9.17, 15) is 0 Å². The number of aromatic nitrogens is 7. The number of aryl methyl sites for hydroxylation is 1. The van der Waals surface area contributed by atoms with Crippen LogP contribution in [0.15, 0.2) is 12.5 Å². The van der Waals surface area contributed by atoms with Crippen LogP contribution in [0.3, 0.4) is 0 Å². The van der Waals surface area contributed by atoms with Gasteiger partial charge in [-0.3, -0.25) is 0 Å². The second kappa shape index (κ2) is 3.81. The van der Waals surface area contributed by atoms with Crippen molar-refractivity contribution in [1.82, 2.24) is 35.2 Å². The molecule has 0 amide bonds. The molecule has 0 spiro atoms. The predicted octanol–water partition coefficient (Wildman–Crippen LogP) is -1.09. The molecule has 0 bridgehead atoms. The lowest BCUT2D eigenvalue weighted by Gasteiger charge is -2.03. The molecule has 0 atom stereocenters. The highest BCUT2D eigenvalue weighted by molar-refractivity contribution is 5.29. The molecule has 2 aromatic heterocycles. The van der Waals surface area contributed by atoms with Gasteiger partial charge in [0.25, 0.3) is 0 Å². The van der Waals surface area contributed by atoms with Crippen molar-refractivity contribution < 1.29 is 0 Å². The van der Waals surface area contributed by atoms with Gasteiger partial charge in [-0.1, -0.05) is 5.21 Å². The van der Waals surface area contributed by atoms with Crippen LogP contribution in [0.2, 0.25) is 0 Å². The number of rotatable bonds is 4. The Kier molecular flexibility index (Phi) is 2.34. The summed E-state index contributed by atoms with van der Waals surface area (Å²) >= 11 is 0. The number of hydrogen-bond acceptors (Lipinski definition) is 6. The topological polar surface area (TPSA) is 86.3 Å². The SMILES string of the molecule is Cn1nncc1NCCn1ncnn1. The second-order valence-corrected chi connectivity index (χ2v) is 2.70. The molecule has 0 aliphatic heterocycles. The molecule has 8 heteroatoms. The Morgan fingerprint density at radius 2 is 2.29 bits per heavy atom. The fourth-order valence-corrected chi connectivity index (χ4v) is 1.02. The second-order valence-electron chi connectivity index (χ2n) is 2.70. The summed E-state index contributed by atoms with van der Waals surface area (Å²) in [5.74, 6) is 0.866. The highest BCUT2D eigenvalue weighted by atomic mass is 15.6. The van der Waals surface area contributed by atoms with Crippen molar-refractivity contribution in [2.75, 3.05) is 11.9 Å². The minimum atomic E-state index is 0.658. The number of nitrogens with zero attached hydrogens (tertiary/aromatic N) is 7. The Hall–Kier alpha value is -1.99. The van der Waals surface area contributed by atoms with E-state index in [0.717, 1.165) is 5.82 Å². The summed E-state index contributed by atoms with van der Waals surface area (Å²) in [6.07, 6.45) is 3.07. The van der Waals surface area contributed by atoms with Crippen LogP contribution in [0.4, 0.5) is 5.82 Å². The van der Waals surface area contributed by atoms with Gasteiger partial charge in [0.15, 0.2) is 6.33 Å². The number of anilines is 1. The minimum absolute atomic E-state index is 0.658. The summed E-state index contributed by atoms with van der Waals surface area (Å²) in [5, 5.41) is 21.9. The van der Waals surface area contributed by atoms with Crippen LogP contribution in [0.1, 0.15) is 0 Å². The molecule has 2 rings (SSSR count). The molecular weight excluding hydrogens is 184 g/mol. The van der Waals surface area contributed by atoms with Crippen LogP contribution in [0.5, 0.6) is 0 Å². The fourth-order valence-electron chi connectivity index (χ4n) is 1.02. The molecule has 1 N–H and O–H groups in total. The number of hydrogen-bond donors (Lipinski definition) is 1. The zero-order valence-corrected chi connectivity index (χ0v) is 7.70. The Morgan fingerprint density at radius 3 is 2.93 bits per heavy atom. The summed E-state index contributed by atoms with van der Waals surface area (Å²) < 4.78 is 1.66. The molecule has 0 saturated heterocycles. The first kappa shape index (κ1) is 8.60. The molecule has 74 valence electrons. The zero-order chi connectivity index (χ0) is 9.80. The van der Waals surface area contributed by atoms with Crippen molar-refractivity contribution in [3.8, 4) is 0 Å². The van der Waals surface area contributed by atoms with Gasteiger partial charge in [-0.25, -0.2) is 4.68 Å². The Bertz CT molecular complexity index is 376. The Balaban J connectivity index is 1.81. The van der Waals surface area contributed by atoms with Gasteiger partial charge in [-0.2, -0.15) is 4.80 Å².